The molecule has 3 aromatic rings. The van der Waals surface area contributed by atoms with Gasteiger partial charge >= 0.3 is 0 Å². The fourth-order valence-electron chi connectivity index (χ4n) is 5.38. The van der Waals surface area contributed by atoms with Crippen molar-refractivity contribution in [3.63, 3.8) is 0 Å². The molecular formula is C26H36N6O3. The summed E-state index contributed by atoms with van der Waals surface area (Å²) in [5.74, 6) is 1.16. The smallest absolute Gasteiger partial charge is 0.216 e. The van der Waals surface area contributed by atoms with Gasteiger partial charge in [0, 0.05) is 48.9 Å². The Hall–Kier alpha value is -2.75. The summed E-state index contributed by atoms with van der Waals surface area (Å²) in [6, 6.07) is 2.07. The average Bonchev–Trinajstić information content (AvgIpc) is 3.48. The minimum Gasteiger partial charge on any atom is -0.481 e. The van der Waals surface area contributed by atoms with E-state index in [0.717, 1.165) is 61.4 Å². The van der Waals surface area contributed by atoms with Crippen LogP contribution in [0.5, 0.6) is 5.88 Å². The molecule has 1 saturated heterocycles. The van der Waals surface area contributed by atoms with E-state index < -0.39 is 5.60 Å². The topological polar surface area (TPSA) is 90.5 Å². The van der Waals surface area contributed by atoms with Crippen LogP contribution in [0.1, 0.15) is 37.1 Å². The quantitative estimate of drug-likeness (QED) is 0.556. The second-order valence-corrected chi connectivity index (χ2v) is 10.5. The lowest BCUT2D eigenvalue weighted by Gasteiger charge is -2.25. The average molecular weight is 481 g/mol. The molecule has 9 heteroatoms. The molecule has 35 heavy (non-hydrogen) atoms. The Bertz CT molecular complexity index is 1180. The van der Waals surface area contributed by atoms with Gasteiger partial charge in [0.15, 0.2) is 0 Å². The summed E-state index contributed by atoms with van der Waals surface area (Å²) in [6.45, 7) is 10.7. The van der Waals surface area contributed by atoms with Crippen LogP contribution in [0.25, 0.3) is 16.9 Å². The highest BCUT2D eigenvalue weighted by atomic mass is 16.5. The van der Waals surface area contributed by atoms with E-state index in [-0.39, 0.29) is 0 Å². The molecule has 0 spiro atoms. The summed E-state index contributed by atoms with van der Waals surface area (Å²) in [5.41, 5.74) is 5.65. The maximum atomic E-state index is 10.1. The minimum absolute atomic E-state index is 0.529. The number of ether oxygens (including phenoxy) is 2. The number of pyridine rings is 1. The number of β-amino-alcohol motifs (C(OH)–C–C–N with tert-alkyl or cyclic N) is 1. The Kier molecular flexibility index (Phi) is 6.65. The van der Waals surface area contributed by atoms with Gasteiger partial charge in [0.05, 0.1) is 55.4 Å². The van der Waals surface area contributed by atoms with Crippen molar-refractivity contribution in [1.29, 1.82) is 0 Å². The number of rotatable bonds is 7. The molecule has 2 aliphatic rings. The molecule has 3 aromatic heterocycles. The molecule has 9 nitrogen and oxygen atoms in total. The molecule has 0 radical (unpaired) electrons. The van der Waals surface area contributed by atoms with E-state index in [2.05, 4.69) is 27.2 Å². The van der Waals surface area contributed by atoms with E-state index in [1.807, 2.05) is 42.5 Å². The number of likely N-dealkylation sites (tertiary alicyclic amines) is 1. The van der Waals surface area contributed by atoms with Gasteiger partial charge in [-0.2, -0.15) is 10.2 Å². The van der Waals surface area contributed by atoms with Crippen LogP contribution in [0, 0.1) is 12.8 Å². The second-order valence-electron chi connectivity index (χ2n) is 10.5. The van der Waals surface area contributed by atoms with Crippen molar-refractivity contribution >= 4 is 0 Å². The molecular weight excluding hydrogens is 444 g/mol. The fourth-order valence-corrected chi connectivity index (χ4v) is 5.38. The zero-order valence-electron chi connectivity index (χ0n) is 21.2. The van der Waals surface area contributed by atoms with Gasteiger partial charge < -0.3 is 19.5 Å². The third-order valence-electron chi connectivity index (χ3n) is 6.86. The molecule has 0 bridgehead atoms. The van der Waals surface area contributed by atoms with Gasteiger partial charge in [0.1, 0.15) is 0 Å². The van der Waals surface area contributed by atoms with Gasteiger partial charge in [0.25, 0.3) is 0 Å². The van der Waals surface area contributed by atoms with Crippen LogP contribution < -0.4 is 4.74 Å². The summed E-state index contributed by atoms with van der Waals surface area (Å²) >= 11 is 0. The van der Waals surface area contributed by atoms with Crippen molar-refractivity contribution in [1.82, 2.24) is 29.4 Å². The molecule has 0 unspecified atom stereocenters. The summed E-state index contributed by atoms with van der Waals surface area (Å²) in [5, 5.41) is 19.9. The van der Waals surface area contributed by atoms with Crippen LogP contribution in [0.4, 0.5) is 0 Å². The van der Waals surface area contributed by atoms with Crippen LogP contribution >= 0.6 is 0 Å². The van der Waals surface area contributed by atoms with Crippen molar-refractivity contribution in [2.24, 2.45) is 5.92 Å². The zero-order valence-corrected chi connectivity index (χ0v) is 21.2. The van der Waals surface area contributed by atoms with Gasteiger partial charge in [-0.1, -0.05) is 0 Å². The molecule has 188 valence electrons. The minimum atomic E-state index is -0.661. The van der Waals surface area contributed by atoms with E-state index in [1.165, 1.54) is 11.3 Å². The normalized spacial score (nSPS) is 19.1. The van der Waals surface area contributed by atoms with Crippen molar-refractivity contribution in [2.75, 3.05) is 40.0 Å². The van der Waals surface area contributed by atoms with E-state index >= 15 is 0 Å². The van der Waals surface area contributed by atoms with Crippen molar-refractivity contribution in [3.05, 3.63) is 41.5 Å². The first-order valence-corrected chi connectivity index (χ1v) is 12.5. The summed E-state index contributed by atoms with van der Waals surface area (Å²) in [4.78, 5) is 6.82. The second kappa shape index (κ2) is 9.72. The Labute approximate surface area is 206 Å². The standard InChI is InChI=1S/C26H36N6O3/c1-18-11-21(13-27-25(18)34-4)32-23-7-10-35-9-6-22(23)24(29-32)20-12-28-31(16-20)15-19-5-8-30(14-19)17-26(2,3)33/h11-13,16,19,33H,5-10,14-15,17H2,1-4H3/t19-/m0/s1. The van der Waals surface area contributed by atoms with Crippen molar-refractivity contribution in [3.8, 4) is 22.8 Å². The highest BCUT2D eigenvalue weighted by molar-refractivity contribution is 5.64. The Morgan fingerprint density at radius 3 is 2.83 bits per heavy atom. The van der Waals surface area contributed by atoms with Gasteiger partial charge in [-0.15, -0.1) is 0 Å². The van der Waals surface area contributed by atoms with Gasteiger partial charge in [0.2, 0.25) is 5.88 Å². The van der Waals surface area contributed by atoms with Gasteiger partial charge in [-0.3, -0.25) is 4.68 Å². The number of methoxy groups -OCH3 is 1. The summed E-state index contributed by atoms with van der Waals surface area (Å²) in [6.07, 6.45) is 8.62. The van der Waals surface area contributed by atoms with E-state index in [9.17, 15) is 5.11 Å². The first-order valence-electron chi connectivity index (χ1n) is 12.5. The zero-order chi connectivity index (χ0) is 24.6. The monoisotopic (exact) mass is 480 g/mol. The van der Waals surface area contributed by atoms with E-state index in [1.54, 1.807) is 7.11 Å². The van der Waals surface area contributed by atoms with Gasteiger partial charge in [-0.25, -0.2) is 9.67 Å². The third kappa shape index (κ3) is 5.27. The molecule has 1 atom stereocenters. The van der Waals surface area contributed by atoms with Crippen molar-refractivity contribution in [2.45, 2.75) is 52.2 Å². The van der Waals surface area contributed by atoms with E-state index in [0.29, 0.717) is 31.6 Å². The highest BCUT2D eigenvalue weighted by Crippen LogP contribution is 2.31. The lowest BCUT2D eigenvalue weighted by atomic mass is 10.0. The molecule has 0 saturated carbocycles. The largest absolute Gasteiger partial charge is 0.481 e. The van der Waals surface area contributed by atoms with Crippen LogP contribution in [0.3, 0.4) is 0 Å². The lowest BCUT2D eigenvalue weighted by molar-refractivity contribution is 0.0426. The Morgan fingerprint density at radius 2 is 2.06 bits per heavy atom. The first-order chi connectivity index (χ1) is 16.8. The molecule has 5 rings (SSSR count). The molecule has 0 amide bonds. The van der Waals surface area contributed by atoms with Crippen LogP contribution in [0.15, 0.2) is 24.7 Å². The highest BCUT2D eigenvalue weighted by Gasteiger charge is 2.28. The first kappa shape index (κ1) is 24.0. The molecule has 2 aliphatic heterocycles. The fraction of sp³-hybridized carbons (Fsp3) is 0.577. The Morgan fingerprint density at radius 1 is 1.23 bits per heavy atom. The number of nitrogens with zero attached hydrogens (tertiary/aromatic N) is 6. The maximum Gasteiger partial charge on any atom is 0.216 e. The summed E-state index contributed by atoms with van der Waals surface area (Å²) in [7, 11) is 1.64. The maximum absolute atomic E-state index is 10.1. The van der Waals surface area contributed by atoms with E-state index in [4.69, 9.17) is 14.6 Å². The predicted octanol–water partition coefficient (Wildman–Crippen LogP) is 2.66. The third-order valence-corrected chi connectivity index (χ3v) is 6.86. The Balaban J connectivity index is 1.39. The van der Waals surface area contributed by atoms with Crippen molar-refractivity contribution < 1.29 is 14.6 Å². The molecule has 0 aromatic carbocycles. The SMILES string of the molecule is COc1ncc(-n2nc(-c3cnn(C[C@H]4CCN(CC(C)(C)O)C4)c3)c3c2CCOCC3)cc1C. The van der Waals surface area contributed by atoms with Crippen LogP contribution in [0.2, 0.25) is 0 Å². The summed E-state index contributed by atoms with van der Waals surface area (Å²) < 4.78 is 15.2. The number of hydrogen-bond acceptors (Lipinski definition) is 7. The number of hydrogen-bond donors (Lipinski definition) is 1. The number of aryl methyl sites for hydroxylation is 1. The molecule has 0 aliphatic carbocycles. The van der Waals surface area contributed by atoms with Crippen LogP contribution in [-0.4, -0.2) is 80.1 Å². The molecule has 1 N–H and O–H groups in total. The number of fused-ring (bicyclic) bond motifs is 1. The molecule has 1 fully saturated rings. The van der Waals surface area contributed by atoms with Gasteiger partial charge in [-0.05, 0) is 52.1 Å². The number of aliphatic hydroxyl groups is 1. The number of aromatic nitrogens is 5. The lowest BCUT2D eigenvalue weighted by Crippen LogP contribution is -2.37. The predicted molar refractivity (Wildman–Crippen MR) is 133 cm³/mol. The van der Waals surface area contributed by atoms with Crippen LogP contribution in [-0.2, 0) is 24.1 Å². The molecule has 5 heterocycles.